The first-order valence-electron chi connectivity index (χ1n) is 7.16. The third-order valence-electron chi connectivity index (χ3n) is 3.90. The van der Waals surface area contributed by atoms with Gasteiger partial charge in [-0.2, -0.15) is 0 Å². The number of urea groups is 1. The zero-order valence-corrected chi connectivity index (χ0v) is 12.2. The molecule has 1 fully saturated rings. The highest BCUT2D eigenvalue weighted by atomic mass is 16.4. The van der Waals surface area contributed by atoms with Crippen molar-refractivity contribution in [2.45, 2.75) is 58.9 Å². The molecule has 0 unspecified atom stereocenters. The Bertz CT molecular complexity index is 325. The van der Waals surface area contributed by atoms with Crippen LogP contribution in [0.2, 0.25) is 0 Å². The lowest BCUT2D eigenvalue weighted by atomic mass is 9.66. The zero-order valence-electron chi connectivity index (χ0n) is 12.2. The van der Waals surface area contributed by atoms with E-state index in [9.17, 15) is 9.59 Å². The minimum absolute atomic E-state index is 0.0755. The molecule has 0 spiro atoms. The molecule has 0 aliphatic heterocycles. The molecule has 0 aromatic rings. The minimum atomic E-state index is -0.775. The third-order valence-corrected chi connectivity index (χ3v) is 3.90. The number of rotatable bonds is 7. The number of hydrogen-bond donors (Lipinski definition) is 2. The largest absolute Gasteiger partial charge is 0.481 e. The van der Waals surface area contributed by atoms with Crippen LogP contribution in [0, 0.1) is 5.41 Å². The van der Waals surface area contributed by atoms with Crippen molar-refractivity contribution >= 4 is 12.0 Å². The van der Waals surface area contributed by atoms with E-state index in [0.717, 1.165) is 32.2 Å². The number of carboxylic acid groups (broad SMARTS) is 1. The summed E-state index contributed by atoms with van der Waals surface area (Å²) in [6.45, 7) is 7.23. The Morgan fingerprint density at radius 2 is 2.00 bits per heavy atom. The topological polar surface area (TPSA) is 69.6 Å². The first kappa shape index (κ1) is 15.8. The second-order valence-corrected chi connectivity index (χ2v) is 5.87. The molecule has 0 heterocycles. The predicted octanol–water partition coefficient (Wildman–Crippen LogP) is 2.46. The Morgan fingerprint density at radius 3 is 2.37 bits per heavy atom. The fraction of sp³-hybridized carbons (Fsp3) is 0.857. The third kappa shape index (κ3) is 4.40. The number of aliphatic carboxylic acids is 1. The normalized spacial score (nSPS) is 16.8. The van der Waals surface area contributed by atoms with Gasteiger partial charge in [-0.3, -0.25) is 4.79 Å². The molecule has 5 heteroatoms. The summed E-state index contributed by atoms with van der Waals surface area (Å²) in [7, 11) is 0. The Labute approximate surface area is 115 Å². The first-order chi connectivity index (χ1) is 8.90. The molecule has 0 radical (unpaired) electrons. The van der Waals surface area contributed by atoms with Gasteiger partial charge < -0.3 is 15.3 Å². The summed E-state index contributed by atoms with van der Waals surface area (Å²) in [5.41, 5.74) is -0.212. The highest BCUT2D eigenvalue weighted by molar-refractivity contribution is 5.74. The summed E-state index contributed by atoms with van der Waals surface area (Å²) in [6, 6.07) is 0.0882. The van der Waals surface area contributed by atoms with Crippen LogP contribution in [0.1, 0.15) is 52.9 Å². The van der Waals surface area contributed by atoms with E-state index in [2.05, 4.69) is 5.32 Å². The van der Waals surface area contributed by atoms with Crippen molar-refractivity contribution in [1.29, 1.82) is 0 Å². The second kappa shape index (κ2) is 6.78. The van der Waals surface area contributed by atoms with E-state index in [1.54, 1.807) is 4.90 Å². The predicted molar refractivity (Wildman–Crippen MR) is 74.1 cm³/mol. The van der Waals surface area contributed by atoms with Gasteiger partial charge in [0.1, 0.15) is 0 Å². The maximum absolute atomic E-state index is 12.1. The number of carbonyl (C=O) groups is 2. The summed E-state index contributed by atoms with van der Waals surface area (Å²) in [5, 5.41) is 11.9. The van der Waals surface area contributed by atoms with Crippen molar-refractivity contribution in [2.24, 2.45) is 5.41 Å². The van der Waals surface area contributed by atoms with Crippen LogP contribution in [0.4, 0.5) is 4.79 Å². The molecule has 5 nitrogen and oxygen atoms in total. The lowest BCUT2D eigenvalue weighted by Gasteiger charge is -2.41. The molecule has 2 amide bonds. The van der Waals surface area contributed by atoms with Crippen LogP contribution in [0.25, 0.3) is 0 Å². The lowest BCUT2D eigenvalue weighted by Crippen LogP contribution is -2.49. The van der Waals surface area contributed by atoms with Gasteiger partial charge in [-0.25, -0.2) is 4.79 Å². The minimum Gasteiger partial charge on any atom is -0.481 e. The van der Waals surface area contributed by atoms with E-state index in [4.69, 9.17) is 5.11 Å². The summed E-state index contributed by atoms with van der Waals surface area (Å²) >= 11 is 0. The van der Waals surface area contributed by atoms with Crippen LogP contribution in [-0.4, -0.2) is 41.1 Å². The van der Waals surface area contributed by atoms with Crippen LogP contribution < -0.4 is 5.32 Å². The number of carbonyl (C=O) groups excluding carboxylic acids is 1. The molecule has 2 N–H and O–H groups in total. The van der Waals surface area contributed by atoms with Gasteiger partial charge in [0.25, 0.3) is 0 Å². The molecule has 1 aliphatic carbocycles. The molecule has 0 saturated heterocycles. The molecule has 0 atom stereocenters. The van der Waals surface area contributed by atoms with Gasteiger partial charge in [-0.05, 0) is 38.5 Å². The molecular formula is C14H26N2O3. The lowest BCUT2D eigenvalue weighted by molar-refractivity contribution is -0.141. The van der Waals surface area contributed by atoms with Gasteiger partial charge >= 0.3 is 12.0 Å². The Balaban J connectivity index is 2.49. The summed E-state index contributed by atoms with van der Waals surface area (Å²) in [5.74, 6) is -0.775. The van der Waals surface area contributed by atoms with E-state index in [-0.39, 0.29) is 23.9 Å². The van der Waals surface area contributed by atoms with Crippen molar-refractivity contribution in [3.05, 3.63) is 0 Å². The van der Waals surface area contributed by atoms with Crippen LogP contribution >= 0.6 is 0 Å². The van der Waals surface area contributed by atoms with Crippen molar-refractivity contribution in [2.75, 3.05) is 13.1 Å². The number of hydrogen-bond acceptors (Lipinski definition) is 2. The van der Waals surface area contributed by atoms with Crippen molar-refractivity contribution in [3.63, 3.8) is 0 Å². The van der Waals surface area contributed by atoms with Gasteiger partial charge in [-0.1, -0.05) is 13.3 Å². The highest BCUT2D eigenvalue weighted by Crippen LogP contribution is 2.43. The quantitative estimate of drug-likeness (QED) is 0.746. The molecule has 1 saturated carbocycles. The van der Waals surface area contributed by atoms with Crippen molar-refractivity contribution in [3.8, 4) is 0 Å². The highest BCUT2D eigenvalue weighted by Gasteiger charge is 2.39. The van der Waals surface area contributed by atoms with Crippen molar-refractivity contribution in [1.82, 2.24) is 10.2 Å². The van der Waals surface area contributed by atoms with Gasteiger partial charge in [0.2, 0.25) is 0 Å². The summed E-state index contributed by atoms with van der Waals surface area (Å²) in [6.07, 6.45) is 3.94. The zero-order chi connectivity index (χ0) is 14.5. The number of amides is 2. The molecule has 19 heavy (non-hydrogen) atoms. The Kier molecular flexibility index (Phi) is 5.63. The first-order valence-corrected chi connectivity index (χ1v) is 7.16. The molecule has 0 bridgehead atoms. The number of nitrogens with zero attached hydrogens (tertiary/aromatic N) is 1. The monoisotopic (exact) mass is 270 g/mol. The van der Waals surface area contributed by atoms with E-state index >= 15 is 0 Å². The maximum Gasteiger partial charge on any atom is 0.317 e. The summed E-state index contributed by atoms with van der Waals surface area (Å²) in [4.78, 5) is 24.8. The average Bonchev–Trinajstić information content (AvgIpc) is 2.28. The fourth-order valence-corrected chi connectivity index (χ4v) is 2.61. The smallest absolute Gasteiger partial charge is 0.317 e. The van der Waals surface area contributed by atoms with E-state index in [1.807, 2.05) is 20.8 Å². The SMILES string of the molecule is CCCN(C(=O)NCC1(CC(=O)O)CCC1)C(C)C. The Morgan fingerprint density at radius 1 is 1.37 bits per heavy atom. The van der Waals surface area contributed by atoms with Crippen LogP contribution in [0.3, 0.4) is 0 Å². The number of carboxylic acids is 1. The molecule has 1 aliphatic rings. The standard InChI is InChI=1S/C14H26N2O3/c1-4-8-16(11(2)3)13(19)15-10-14(6-5-7-14)9-12(17)18/h11H,4-10H2,1-3H3,(H,15,19)(H,17,18). The van der Waals surface area contributed by atoms with E-state index in [0.29, 0.717) is 6.54 Å². The van der Waals surface area contributed by atoms with Crippen LogP contribution in [0.5, 0.6) is 0 Å². The number of nitrogens with one attached hydrogen (secondary N) is 1. The van der Waals surface area contributed by atoms with Gasteiger partial charge in [0.15, 0.2) is 0 Å². The molecule has 0 aromatic carbocycles. The second-order valence-electron chi connectivity index (χ2n) is 5.87. The average molecular weight is 270 g/mol. The Hall–Kier alpha value is -1.26. The molecular weight excluding hydrogens is 244 g/mol. The van der Waals surface area contributed by atoms with E-state index in [1.165, 1.54) is 0 Å². The van der Waals surface area contributed by atoms with Crippen LogP contribution in [-0.2, 0) is 4.79 Å². The molecule has 1 rings (SSSR count). The van der Waals surface area contributed by atoms with Gasteiger partial charge in [0, 0.05) is 19.1 Å². The summed E-state index contributed by atoms with van der Waals surface area (Å²) < 4.78 is 0. The molecule has 110 valence electrons. The van der Waals surface area contributed by atoms with Gasteiger partial charge in [0.05, 0.1) is 6.42 Å². The molecule has 0 aromatic heterocycles. The van der Waals surface area contributed by atoms with Gasteiger partial charge in [-0.15, -0.1) is 0 Å². The fourth-order valence-electron chi connectivity index (χ4n) is 2.61. The van der Waals surface area contributed by atoms with Crippen molar-refractivity contribution < 1.29 is 14.7 Å². The maximum atomic E-state index is 12.1. The van der Waals surface area contributed by atoms with E-state index < -0.39 is 5.97 Å². The van der Waals surface area contributed by atoms with Crippen LogP contribution in [0.15, 0.2) is 0 Å².